The lowest BCUT2D eigenvalue weighted by atomic mass is 10.1. The number of carbonyl (C=O) groups is 1. The molecule has 2 aromatic heterocycles. The molecule has 0 saturated heterocycles. The zero-order valence-corrected chi connectivity index (χ0v) is 11.7. The average molecular weight is 282 g/mol. The molecule has 0 amide bonds. The summed E-state index contributed by atoms with van der Waals surface area (Å²) >= 11 is 0. The molecule has 6 heteroatoms. The van der Waals surface area contributed by atoms with Crippen molar-refractivity contribution in [2.75, 3.05) is 0 Å². The van der Waals surface area contributed by atoms with E-state index in [1.165, 1.54) is 17.7 Å². The van der Waals surface area contributed by atoms with Crippen LogP contribution in [0.5, 0.6) is 0 Å². The number of aromatic amines is 1. The predicted octanol–water partition coefficient (Wildman–Crippen LogP) is 1.93. The minimum atomic E-state index is -0.290. The first-order chi connectivity index (χ1) is 10.1. The zero-order chi connectivity index (χ0) is 15.0. The highest BCUT2D eigenvalue weighted by molar-refractivity contribution is 5.93. The second-order valence-corrected chi connectivity index (χ2v) is 4.87. The van der Waals surface area contributed by atoms with E-state index in [1.807, 2.05) is 37.3 Å². The van der Waals surface area contributed by atoms with Crippen LogP contribution in [0, 0.1) is 0 Å². The lowest BCUT2D eigenvalue weighted by molar-refractivity contribution is 0.101. The molecular weight excluding hydrogens is 268 g/mol. The second-order valence-electron chi connectivity index (χ2n) is 4.87. The summed E-state index contributed by atoms with van der Waals surface area (Å²) in [5.41, 5.74) is 1.71. The van der Waals surface area contributed by atoms with Crippen molar-refractivity contribution in [3.05, 3.63) is 58.3 Å². The monoisotopic (exact) mass is 282 g/mol. The van der Waals surface area contributed by atoms with Crippen LogP contribution in [0.4, 0.5) is 0 Å². The highest BCUT2D eigenvalue weighted by Gasteiger charge is 2.17. The molecule has 1 N–H and O–H groups in total. The molecule has 0 aliphatic carbocycles. The smallest absolute Gasteiger partial charge is 0.293 e. The molecule has 2 heterocycles. The van der Waals surface area contributed by atoms with Crippen LogP contribution in [-0.4, -0.2) is 25.3 Å². The first-order valence-corrected chi connectivity index (χ1v) is 6.61. The maximum Gasteiger partial charge on any atom is 0.329 e. The molecule has 3 rings (SSSR count). The van der Waals surface area contributed by atoms with E-state index in [0.717, 1.165) is 5.56 Å². The number of nitrogens with zero attached hydrogens (tertiary/aromatic N) is 3. The fourth-order valence-corrected chi connectivity index (χ4v) is 2.30. The van der Waals surface area contributed by atoms with E-state index in [-0.39, 0.29) is 23.2 Å². The number of benzene rings is 1. The number of imidazole rings is 1. The van der Waals surface area contributed by atoms with Crippen LogP contribution in [0.1, 0.15) is 35.9 Å². The molecule has 21 heavy (non-hydrogen) atoms. The molecule has 0 aliphatic rings. The normalized spacial score (nSPS) is 12.5. The van der Waals surface area contributed by atoms with Crippen molar-refractivity contribution >= 4 is 17.1 Å². The van der Waals surface area contributed by atoms with Crippen molar-refractivity contribution in [1.82, 2.24) is 19.5 Å². The first-order valence-electron chi connectivity index (χ1n) is 6.61. The summed E-state index contributed by atoms with van der Waals surface area (Å²) in [5.74, 6) is -0.183. The standard InChI is InChI=1S/C15H14N4O2/c1-9(11-6-4-3-5-7-11)19-14-13(18-15(19)21)16-8-12(17-14)10(2)20/h3-9H,1-2H3,(H,16,18,21)/t9-/m1/s1. The number of fused-ring (bicyclic) bond motifs is 1. The Labute approximate surface area is 120 Å². The van der Waals surface area contributed by atoms with E-state index >= 15 is 0 Å². The summed E-state index contributed by atoms with van der Waals surface area (Å²) in [6.07, 6.45) is 1.37. The third kappa shape index (κ3) is 2.24. The van der Waals surface area contributed by atoms with Crippen molar-refractivity contribution < 1.29 is 4.79 Å². The van der Waals surface area contributed by atoms with Crippen molar-refractivity contribution in [2.24, 2.45) is 0 Å². The molecule has 0 bridgehead atoms. The Morgan fingerprint density at radius 1 is 1.29 bits per heavy atom. The fourth-order valence-electron chi connectivity index (χ4n) is 2.30. The topological polar surface area (TPSA) is 80.6 Å². The van der Waals surface area contributed by atoms with Gasteiger partial charge in [0.2, 0.25) is 0 Å². The van der Waals surface area contributed by atoms with Crippen LogP contribution >= 0.6 is 0 Å². The van der Waals surface area contributed by atoms with Gasteiger partial charge in [-0.3, -0.25) is 14.3 Å². The van der Waals surface area contributed by atoms with Gasteiger partial charge >= 0.3 is 5.69 Å². The van der Waals surface area contributed by atoms with Crippen molar-refractivity contribution in [1.29, 1.82) is 0 Å². The quantitative estimate of drug-likeness (QED) is 0.744. The minimum Gasteiger partial charge on any atom is -0.293 e. The highest BCUT2D eigenvalue weighted by Crippen LogP contribution is 2.19. The number of hydrogen-bond acceptors (Lipinski definition) is 4. The maximum atomic E-state index is 12.2. The van der Waals surface area contributed by atoms with Crippen LogP contribution in [0.15, 0.2) is 41.3 Å². The molecule has 0 spiro atoms. The van der Waals surface area contributed by atoms with Gasteiger partial charge in [-0.15, -0.1) is 0 Å². The maximum absolute atomic E-state index is 12.2. The number of hydrogen-bond donors (Lipinski definition) is 1. The molecule has 3 aromatic rings. The third-order valence-electron chi connectivity index (χ3n) is 3.46. The van der Waals surface area contributed by atoms with Gasteiger partial charge in [-0.2, -0.15) is 0 Å². The van der Waals surface area contributed by atoms with E-state index in [4.69, 9.17) is 0 Å². The number of H-pyrrole nitrogens is 1. The van der Waals surface area contributed by atoms with Crippen LogP contribution in [0.2, 0.25) is 0 Å². The number of rotatable bonds is 3. The van der Waals surface area contributed by atoms with Gasteiger partial charge in [-0.1, -0.05) is 30.3 Å². The molecule has 1 atom stereocenters. The average Bonchev–Trinajstić information content (AvgIpc) is 2.82. The van der Waals surface area contributed by atoms with Crippen LogP contribution in [0.25, 0.3) is 11.3 Å². The van der Waals surface area contributed by atoms with E-state index in [2.05, 4.69) is 15.0 Å². The van der Waals surface area contributed by atoms with Crippen molar-refractivity contribution in [3.8, 4) is 0 Å². The number of nitrogens with one attached hydrogen (secondary N) is 1. The first kappa shape index (κ1) is 13.2. The largest absolute Gasteiger partial charge is 0.329 e. The second kappa shape index (κ2) is 4.97. The van der Waals surface area contributed by atoms with Crippen molar-refractivity contribution in [2.45, 2.75) is 19.9 Å². The molecule has 0 fully saturated rings. The molecule has 1 aromatic carbocycles. The molecular formula is C15H14N4O2. The van der Waals surface area contributed by atoms with E-state index in [0.29, 0.717) is 11.3 Å². The molecule has 0 radical (unpaired) electrons. The Balaban J connectivity index is 2.22. The Bertz CT molecular complexity index is 864. The van der Waals surface area contributed by atoms with Gasteiger partial charge < -0.3 is 0 Å². The Morgan fingerprint density at radius 3 is 2.67 bits per heavy atom. The number of carbonyl (C=O) groups excluding carboxylic acids is 1. The third-order valence-corrected chi connectivity index (χ3v) is 3.46. The van der Waals surface area contributed by atoms with Crippen molar-refractivity contribution in [3.63, 3.8) is 0 Å². The molecule has 6 nitrogen and oxygen atoms in total. The molecule has 106 valence electrons. The van der Waals surface area contributed by atoms with Gasteiger partial charge in [-0.25, -0.2) is 14.8 Å². The van der Waals surface area contributed by atoms with Gasteiger partial charge in [0.15, 0.2) is 17.1 Å². The van der Waals surface area contributed by atoms with Gasteiger partial charge in [0, 0.05) is 6.92 Å². The summed E-state index contributed by atoms with van der Waals surface area (Å²) in [6.45, 7) is 3.33. The number of aromatic nitrogens is 4. The highest BCUT2D eigenvalue weighted by atomic mass is 16.1. The Morgan fingerprint density at radius 2 is 2.00 bits per heavy atom. The SMILES string of the molecule is CC(=O)c1cnc2[nH]c(=O)n([C@H](C)c3ccccc3)c2n1. The Hall–Kier alpha value is -2.76. The molecule has 0 unspecified atom stereocenters. The van der Waals surface area contributed by atoms with E-state index in [1.54, 1.807) is 0 Å². The zero-order valence-electron chi connectivity index (χ0n) is 11.7. The predicted molar refractivity (Wildman–Crippen MR) is 78.4 cm³/mol. The summed E-state index contributed by atoms with van der Waals surface area (Å²) < 4.78 is 1.52. The summed E-state index contributed by atoms with van der Waals surface area (Å²) in [7, 11) is 0. The Kier molecular flexibility index (Phi) is 3.13. The summed E-state index contributed by atoms with van der Waals surface area (Å²) in [4.78, 5) is 34.7. The molecule has 0 saturated carbocycles. The van der Waals surface area contributed by atoms with E-state index in [9.17, 15) is 9.59 Å². The lowest BCUT2D eigenvalue weighted by Crippen LogP contribution is -2.21. The minimum absolute atomic E-state index is 0.183. The fraction of sp³-hybridized carbons (Fsp3) is 0.200. The van der Waals surface area contributed by atoms with Crippen LogP contribution in [0.3, 0.4) is 0 Å². The number of Topliss-reactive ketones (excluding diaryl/α,β-unsaturated/α-hetero) is 1. The van der Waals surface area contributed by atoms with Crippen LogP contribution in [-0.2, 0) is 0 Å². The molecule has 0 aliphatic heterocycles. The summed E-state index contributed by atoms with van der Waals surface area (Å²) in [6, 6.07) is 9.43. The lowest BCUT2D eigenvalue weighted by Gasteiger charge is -2.13. The number of ketones is 1. The van der Waals surface area contributed by atoms with Gasteiger partial charge in [0.05, 0.1) is 12.2 Å². The van der Waals surface area contributed by atoms with Gasteiger partial charge in [-0.05, 0) is 12.5 Å². The van der Waals surface area contributed by atoms with E-state index < -0.39 is 0 Å². The van der Waals surface area contributed by atoms with Crippen LogP contribution < -0.4 is 5.69 Å². The van der Waals surface area contributed by atoms with Gasteiger partial charge in [0.1, 0.15) is 5.69 Å². The van der Waals surface area contributed by atoms with Gasteiger partial charge in [0.25, 0.3) is 0 Å². The summed E-state index contributed by atoms with van der Waals surface area (Å²) in [5, 5.41) is 0.